The van der Waals surface area contributed by atoms with E-state index in [0.29, 0.717) is 10.9 Å². The minimum absolute atomic E-state index is 0.163. The molecule has 14 heavy (non-hydrogen) atoms. The van der Waals surface area contributed by atoms with Crippen LogP contribution in [-0.2, 0) is 0 Å². The van der Waals surface area contributed by atoms with Gasteiger partial charge in [0.1, 0.15) is 5.75 Å². The fourth-order valence-electron chi connectivity index (χ4n) is 1.47. The maximum atomic E-state index is 10.9. The van der Waals surface area contributed by atoms with E-state index in [-0.39, 0.29) is 5.75 Å². The molecule has 1 aromatic heterocycles. The van der Waals surface area contributed by atoms with Gasteiger partial charge in [-0.05, 0) is 25.1 Å². The van der Waals surface area contributed by atoms with Gasteiger partial charge in [-0.3, -0.25) is 0 Å². The Balaban J connectivity index is 2.84. The molecule has 0 aliphatic heterocycles. The Kier molecular flexibility index (Phi) is 1.93. The van der Waals surface area contributed by atoms with Gasteiger partial charge < -0.3 is 10.2 Å². The van der Waals surface area contributed by atoms with Crippen LogP contribution in [0, 0.1) is 6.92 Å². The molecule has 0 atom stereocenters. The molecule has 0 unspecified atom stereocenters. The Hall–Kier alpha value is -1.55. The number of aromatic hydroxyl groups is 1. The molecule has 3 nitrogen and oxygen atoms in total. The van der Waals surface area contributed by atoms with E-state index in [1.807, 2.05) is 0 Å². The molecule has 0 aliphatic carbocycles. The summed E-state index contributed by atoms with van der Waals surface area (Å²) < 4.78 is 0.805. The SMILES string of the molecule is Cc1sc2cc(O)ccc2c1C(=O)O. The third kappa shape index (κ3) is 1.24. The minimum Gasteiger partial charge on any atom is -0.508 e. The van der Waals surface area contributed by atoms with E-state index in [0.717, 1.165) is 9.58 Å². The second-order valence-electron chi connectivity index (χ2n) is 3.02. The van der Waals surface area contributed by atoms with E-state index in [4.69, 9.17) is 5.11 Å². The van der Waals surface area contributed by atoms with Crippen LogP contribution in [0.1, 0.15) is 15.2 Å². The topological polar surface area (TPSA) is 57.5 Å². The van der Waals surface area contributed by atoms with Gasteiger partial charge in [0, 0.05) is 15.0 Å². The van der Waals surface area contributed by atoms with Crippen molar-refractivity contribution in [1.29, 1.82) is 0 Å². The Labute approximate surface area is 84.2 Å². The molecule has 2 rings (SSSR count). The van der Waals surface area contributed by atoms with Crippen LogP contribution < -0.4 is 0 Å². The summed E-state index contributed by atoms with van der Waals surface area (Å²) in [5.41, 5.74) is 0.338. The van der Waals surface area contributed by atoms with Crippen molar-refractivity contribution in [2.45, 2.75) is 6.92 Å². The lowest BCUT2D eigenvalue weighted by molar-refractivity contribution is 0.0699. The number of fused-ring (bicyclic) bond motifs is 1. The molecule has 72 valence electrons. The smallest absolute Gasteiger partial charge is 0.337 e. The Morgan fingerprint density at radius 1 is 1.43 bits per heavy atom. The Morgan fingerprint density at radius 2 is 2.14 bits per heavy atom. The van der Waals surface area contributed by atoms with Crippen molar-refractivity contribution in [3.8, 4) is 5.75 Å². The molecule has 1 heterocycles. The number of phenolic OH excluding ortho intramolecular Hbond substituents is 1. The molecule has 0 bridgehead atoms. The number of carboxylic acids is 1. The molecule has 1 aromatic carbocycles. The average molecular weight is 208 g/mol. The molecule has 2 aromatic rings. The van der Waals surface area contributed by atoms with Gasteiger partial charge in [-0.25, -0.2) is 4.79 Å². The Bertz CT molecular complexity index is 513. The van der Waals surface area contributed by atoms with Crippen molar-refractivity contribution in [2.24, 2.45) is 0 Å². The molecular formula is C10H8O3S. The first-order chi connectivity index (χ1) is 6.59. The quantitative estimate of drug-likeness (QED) is 0.757. The molecular weight excluding hydrogens is 200 g/mol. The molecule has 4 heteroatoms. The van der Waals surface area contributed by atoms with Crippen molar-refractivity contribution in [3.63, 3.8) is 0 Å². The summed E-state index contributed by atoms with van der Waals surface area (Å²) in [7, 11) is 0. The van der Waals surface area contributed by atoms with Gasteiger partial charge >= 0.3 is 5.97 Å². The lowest BCUT2D eigenvalue weighted by Crippen LogP contribution is -1.95. The van der Waals surface area contributed by atoms with E-state index in [2.05, 4.69) is 0 Å². The second-order valence-corrected chi connectivity index (χ2v) is 4.28. The maximum absolute atomic E-state index is 10.9. The molecule has 0 aliphatic rings. The number of carboxylic acid groups (broad SMARTS) is 1. The highest BCUT2D eigenvalue weighted by Crippen LogP contribution is 2.32. The lowest BCUT2D eigenvalue weighted by Gasteiger charge is -1.94. The third-order valence-corrected chi connectivity index (χ3v) is 3.13. The molecule has 0 saturated heterocycles. The summed E-state index contributed by atoms with van der Waals surface area (Å²) in [6, 6.07) is 4.72. The molecule has 0 saturated carbocycles. The monoisotopic (exact) mass is 208 g/mol. The normalized spacial score (nSPS) is 10.6. The van der Waals surface area contributed by atoms with Gasteiger partial charge in [0.2, 0.25) is 0 Å². The van der Waals surface area contributed by atoms with Gasteiger partial charge in [0.25, 0.3) is 0 Å². The first-order valence-corrected chi connectivity index (χ1v) is 4.86. The first-order valence-electron chi connectivity index (χ1n) is 4.05. The number of benzene rings is 1. The van der Waals surface area contributed by atoms with Crippen LogP contribution in [0.3, 0.4) is 0 Å². The summed E-state index contributed by atoms with van der Waals surface area (Å²) in [6.07, 6.45) is 0. The van der Waals surface area contributed by atoms with Gasteiger partial charge in [0.15, 0.2) is 0 Å². The zero-order valence-electron chi connectivity index (χ0n) is 7.44. The molecule has 0 spiro atoms. The summed E-state index contributed by atoms with van der Waals surface area (Å²) in [5.74, 6) is -0.755. The molecule has 0 amide bonds. The van der Waals surface area contributed by atoms with Crippen LogP contribution in [0.25, 0.3) is 10.1 Å². The van der Waals surface area contributed by atoms with E-state index in [9.17, 15) is 9.90 Å². The highest BCUT2D eigenvalue weighted by molar-refractivity contribution is 7.19. The molecule has 2 N–H and O–H groups in total. The van der Waals surface area contributed by atoms with E-state index in [1.165, 1.54) is 17.4 Å². The number of carbonyl (C=O) groups is 1. The summed E-state index contributed by atoms with van der Waals surface area (Å²) in [5, 5.41) is 18.9. The van der Waals surface area contributed by atoms with Gasteiger partial charge in [0.05, 0.1) is 5.56 Å². The number of aryl methyl sites for hydroxylation is 1. The van der Waals surface area contributed by atoms with Crippen LogP contribution in [0.2, 0.25) is 0 Å². The minimum atomic E-state index is -0.917. The number of aromatic carboxylic acids is 1. The van der Waals surface area contributed by atoms with Gasteiger partial charge in [-0.2, -0.15) is 0 Å². The van der Waals surface area contributed by atoms with E-state index in [1.54, 1.807) is 19.1 Å². The Morgan fingerprint density at radius 3 is 2.79 bits per heavy atom. The van der Waals surface area contributed by atoms with Crippen molar-refractivity contribution in [1.82, 2.24) is 0 Å². The molecule has 0 radical (unpaired) electrons. The van der Waals surface area contributed by atoms with Crippen molar-refractivity contribution >= 4 is 27.4 Å². The van der Waals surface area contributed by atoms with Crippen LogP contribution in [0.4, 0.5) is 0 Å². The summed E-state index contributed by atoms with van der Waals surface area (Å²) in [6.45, 7) is 1.77. The number of hydrogen-bond donors (Lipinski definition) is 2. The predicted octanol–water partition coefficient (Wildman–Crippen LogP) is 2.61. The number of thiophene rings is 1. The fraction of sp³-hybridized carbons (Fsp3) is 0.100. The van der Waals surface area contributed by atoms with Gasteiger partial charge in [-0.1, -0.05) is 0 Å². The van der Waals surface area contributed by atoms with E-state index >= 15 is 0 Å². The number of rotatable bonds is 1. The standard InChI is InChI=1S/C10H8O3S/c1-5-9(10(12)13)7-3-2-6(11)4-8(7)14-5/h2-4,11H,1H3,(H,12,13). The van der Waals surface area contributed by atoms with E-state index < -0.39 is 5.97 Å². The van der Waals surface area contributed by atoms with Crippen molar-refractivity contribution < 1.29 is 15.0 Å². The van der Waals surface area contributed by atoms with Crippen molar-refractivity contribution in [2.75, 3.05) is 0 Å². The highest BCUT2D eigenvalue weighted by Gasteiger charge is 2.15. The summed E-state index contributed by atoms with van der Waals surface area (Å²) in [4.78, 5) is 11.7. The maximum Gasteiger partial charge on any atom is 0.337 e. The lowest BCUT2D eigenvalue weighted by atomic mass is 10.1. The summed E-state index contributed by atoms with van der Waals surface area (Å²) >= 11 is 1.38. The second kappa shape index (κ2) is 2.99. The largest absolute Gasteiger partial charge is 0.508 e. The zero-order chi connectivity index (χ0) is 10.3. The fourth-order valence-corrected chi connectivity index (χ4v) is 2.56. The van der Waals surface area contributed by atoms with Crippen molar-refractivity contribution in [3.05, 3.63) is 28.6 Å². The van der Waals surface area contributed by atoms with Crippen LogP contribution in [0.15, 0.2) is 18.2 Å². The number of hydrogen-bond acceptors (Lipinski definition) is 3. The third-order valence-electron chi connectivity index (χ3n) is 2.06. The zero-order valence-corrected chi connectivity index (χ0v) is 8.26. The van der Waals surface area contributed by atoms with Crippen LogP contribution in [-0.4, -0.2) is 16.2 Å². The predicted molar refractivity (Wildman–Crippen MR) is 55.2 cm³/mol. The first kappa shape index (κ1) is 9.02. The van der Waals surface area contributed by atoms with Crippen LogP contribution in [0.5, 0.6) is 5.75 Å². The van der Waals surface area contributed by atoms with Gasteiger partial charge in [-0.15, -0.1) is 11.3 Å². The van der Waals surface area contributed by atoms with Crippen LogP contribution >= 0.6 is 11.3 Å². The number of phenols is 1. The molecule has 0 fully saturated rings. The highest BCUT2D eigenvalue weighted by atomic mass is 32.1. The average Bonchev–Trinajstić information content (AvgIpc) is 2.39.